The Morgan fingerprint density at radius 2 is 1.74 bits per heavy atom. The number of piperidine rings is 1. The molecule has 0 spiro atoms. The van der Waals surface area contributed by atoms with E-state index in [1.807, 2.05) is 59.5 Å². The molecule has 11 nitrogen and oxygen atoms in total. The number of para-hydroxylation sites is 1. The van der Waals surface area contributed by atoms with E-state index in [0.717, 1.165) is 24.3 Å². The first-order valence-corrected chi connectivity index (χ1v) is 12.2. The molecule has 11 heteroatoms. The summed E-state index contributed by atoms with van der Waals surface area (Å²) in [6.07, 6.45) is 1.50. The van der Waals surface area contributed by atoms with Crippen LogP contribution in [0.2, 0.25) is 0 Å². The maximum Gasteiger partial charge on any atom is 0.317 e. The second kappa shape index (κ2) is 11.1. The number of carbonyl (C=O) groups is 1. The smallest absolute Gasteiger partial charge is 0.317 e. The minimum absolute atomic E-state index is 0.0290. The van der Waals surface area contributed by atoms with Crippen molar-refractivity contribution >= 4 is 40.0 Å². The Bertz CT molecular complexity index is 1440. The molecule has 1 aliphatic rings. The van der Waals surface area contributed by atoms with Crippen molar-refractivity contribution in [2.24, 2.45) is 0 Å². The molecule has 0 radical (unpaired) electrons. The Morgan fingerprint density at radius 1 is 1.03 bits per heavy atom. The molecule has 3 aromatic carbocycles. The van der Waals surface area contributed by atoms with Crippen LogP contribution in [0.4, 0.5) is 23.1 Å². The molecule has 0 bridgehead atoms. The number of benzene rings is 3. The first-order chi connectivity index (χ1) is 18.4. The lowest BCUT2D eigenvalue weighted by Crippen LogP contribution is -2.41. The number of carboxylic acid groups (broad SMARTS) is 1. The maximum absolute atomic E-state index is 11.4. The van der Waals surface area contributed by atoms with Gasteiger partial charge in [-0.25, -0.2) is 4.98 Å². The zero-order chi connectivity index (χ0) is 26.5. The largest absolute Gasteiger partial charge is 0.480 e. The number of ether oxygens (including phenoxy) is 1. The van der Waals surface area contributed by atoms with E-state index in [-0.39, 0.29) is 18.3 Å². The number of anilines is 3. The number of hydrogen-bond acceptors (Lipinski definition) is 9. The molecule has 0 aliphatic carbocycles. The number of rotatable bonds is 9. The van der Waals surface area contributed by atoms with E-state index in [9.17, 15) is 14.9 Å². The number of nitrogens with zero attached hydrogens (tertiary/aromatic N) is 4. The Morgan fingerprint density at radius 3 is 2.42 bits per heavy atom. The Balaban J connectivity index is 1.37. The molecule has 1 aromatic heterocycles. The molecule has 0 amide bonds. The summed E-state index contributed by atoms with van der Waals surface area (Å²) in [5.74, 6) is 1.39. The lowest BCUT2D eigenvalue weighted by molar-refractivity contribution is -0.384. The van der Waals surface area contributed by atoms with Crippen LogP contribution in [-0.4, -0.2) is 56.5 Å². The number of aromatic nitrogens is 2. The average molecular weight is 515 g/mol. The van der Waals surface area contributed by atoms with E-state index in [1.54, 1.807) is 6.07 Å². The van der Waals surface area contributed by atoms with Gasteiger partial charge in [0.2, 0.25) is 5.95 Å². The third-order valence-electron chi connectivity index (χ3n) is 6.27. The molecule has 1 saturated heterocycles. The maximum atomic E-state index is 11.4. The zero-order valence-electron chi connectivity index (χ0n) is 20.4. The number of aliphatic carboxylic acids is 1. The molecule has 3 N–H and O–H groups in total. The predicted octanol–water partition coefficient (Wildman–Crippen LogP) is 5.03. The first-order valence-electron chi connectivity index (χ1n) is 12.2. The summed E-state index contributed by atoms with van der Waals surface area (Å²) in [7, 11) is 0. The lowest BCUT2D eigenvalue weighted by Gasteiger charge is -2.31. The molecule has 1 fully saturated rings. The number of nitro groups is 1. The number of carboxylic acids is 1. The normalized spacial score (nSPS) is 14.2. The quantitative estimate of drug-likeness (QED) is 0.205. The molecule has 0 saturated carbocycles. The third kappa shape index (κ3) is 6.13. The van der Waals surface area contributed by atoms with Crippen molar-refractivity contribution in [3.8, 4) is 11.5 Å². The topological polar surface area (TPSA) is 143 Å². The van der Waals surface area contributed by atoms with Crippen LogP contribution >= 0.6 is 0 Å². The predicted molar refractivity (Wildman–Crippen MR) is 143 cm³/mol. The molecule has 1 aliphatic heterocycles. The Labute approximate surface area is 218 Å². The van der Waals surface area contributed by atoms with Crippen molar-refractivity contribution in [3.63, 3.8) is 0 Å². The molecule has 38 heavy (non-hydrogen) atoms. The van der Waals surface area contributed by atoms with Crippen LogP contribution < -0.4 is 15.4 Å². The molecular weight excluding hydrogens is 488 g/mol. The molecule has 2 heterocycles. The van der Waals surface area contributed by atoms with Gasteiger partial charge in [0.25, 0.3) is 5.69 Å². The lowest BCUT2D eigenvalue weighted by atomic mass is 10.1. The van der Waals surface area contributed by atoms with E-state index < -0.39 is 10.9 Å². The van der Waals surface area contributed by atoms with Gasteiger partial charge in [-0.15, -0.1) is 0 Å². The van der Waals surface area contributed by atoms with Gasteiger partial charge in [-0.05, 0) is 55.3 Å². The third-order valence-corrected chi connectivity index (χ3v) is 6.27. The van der Waals surface area contributed by atoms with Gasteiger partial charge in [0.15, 0.2) is 0 Å². The van der Waals surface area contributed by atoms with Gasteiger partial charge in [-0.1, -0.05) is 18.2 Å². The van der Waals surface area contributed by atoms with Crippen LogP contribution in [0.25, 0.3) is 10.9 Å². The van der Waals surface area contributed by atoms with E-state index in [4.69, 9.17) is 9.84 Å². The number of nitrogens with one attached hydrogen (secondary N) is 2. The Kier molecular flexibility index (Phi) is 7.27. The van der Waals surface area contributed by atoms with Gasteiger partial charge >= 0.3 is 5.97 Å². The summed E-state index contributed by atoms with van der Waals surface area (Å²) in [5, 5.41) is 27.6. The number of hydrogen-bond donors (Lipinski definition) is 3. The molecule has 4 aromatic rings. The molecule has 0 atom stereocenters. The number of nitro benzene ring substituents is 1. The SMILES string of the molecule is O=C(O)CN1CCC(Nc2nc(Nc3ccc(Oc4ccccc4)cc3)c3cc([N+](=O)[O-])ccc3n2)CC1. The summed E-state index contributed by atoms with van der Waals surface area (Å²) >= 11 is 0. The average Bonchev–Trinajstić information content (AvgIpc) is 2.91. The zero-order valence-corrected chi connectivity index (χ0v) is 20.4. The highest BCUT2D eigenvalue weighted by Crippen LogP contribution is 2.30. The summed E-state index contributed by atoms with van der Waals surface area (Å²) < 4.78 is 5.85. The number of non-ortho nitro benzene ring substituents is 1. The van der Waals surface area contributed by atoms with Crippen molar-refractivity contribution in [2.75, 3.05) is 30.3 Å². The second-order valence-electron chi connectivity index (χ2n) is 9.01. The minimum Gasteiger partial charge on any atom is -0.480 e. The minimum atomic E-state index is -0.834. The van der Waals surface area contributed by atoms with Crippen LogP contribution in [-0.2, 0) is 4.79 Å². The van der Waals surface area contributed by atoms with Crippen molar-refractivity contribution < 1.29 is 19.6 Å². The summed E-state index contributed by atoms with van der Waals surface area (Å²) in [6, 6.07) is 21.4. The Hall–Kier alpha value is -4.77. The van der Waals surface area contributed by atoms with Crippen molar-refractivity contribution in [1.29, 1.82) is 0 Å². The highest BCUT2D eigenvalue weighted by Gasteiger charge is 2.22. The number of likely N-dealkylation sites (tertiary alicyclic amines) is 1. The van der Waals surface area contributed by atoms with Crippen molar-refractivity contribution in [2.45, 2.75) is 18.9 Å². The fourth-order valence-corrected chi connectivity index (χ4v) is 4.37. The standard InChI is InChI=1S/C27H26N6O5/c34-25(35)17-32-14-12-19(13-15-32)29-27-30-24-11-8-20(33(36)37)16-23(24)26(31-27)28-18-6-9-22(10-7-18)38-21-4-2-1-3-5-21/h1-11,16,19H,12-15,17H2,(H,34,35)(H2,28,29,30,31). The van der Waals surface area contributed by atoms with Crippen molar-refractivity contribution in [1.82, 2.24) is 14.9 Å². The van der Waals surface area contributed by atoms with Gasteiger partial charge < -0.3 is 20.5 Å². The highest BCUT2D eigenvalue weighted by atomic mass is 16.6. The molecular formula is C27H26N6O5. The highest BCUT2D eigenvalue weighted by molar-refractivity contribution is 5.93. The van der Waals surface area contributed by atoms with Crippen molar-refractivity contribution in [3.05, 3.63) is 82.9 Å². The number of fused-ring (bicyclic) bond motifs is 1. The van der Waals surface area contributed by atoms with Gasteiger partial charge in [-0.3, -0.25) is 19.8 Å². The van der Waals surface area contributed by atoms with E-state index >= 15 is 0 Å². The van der Waals surface area contributed by atoms with Gasteiger partial charge in [-0.2, -0.15) is 4.98 Å². The summed E-state index contributed by atoms with van der Waals surface area (Å²) in [6.45, 7) is 1.35. The molecule has 5 rings (SSSR count). The first kappa shape index (κ1) is 24.9. The fraction of sp³-hybridized carbons (Fsp3) is 0.222. The molecule has 0 unspecified atom stereocenters. The van der Waals surface area contributed by atoms with Crippen LogP contribution in [0, 0.1) is 10.1 Å². The summed E-state index contributed by atoms with van der Waals surface area (Å²) in [5.41, 5.74) is 1.23. The van der Waals surface area contributed by atoms with Gasteiger partial charge in [0.1, 0.15) is 17.3 Å². The van der Waals surface area contributed by atoms with Crippen LogP contribution in [0.5, 0.6) is 11.5 Å². The van der Waals surface area contributed by atoms with E-state index in [0.29, 0.717) is 41.5 Å². The fourth-order valence-electron chi connectivity index (χ4n) is 4.37. The van der Waals surface area contributed by atoms with E-state index in [2.05, 4.69) is 20.6 Å². The van der Waals surface area contributed by atoms with Gasteiger partial charge in [0.05, 0.1) is 17.0 Å². The van der Waals surface area contributed by atoms with E-state index in [1.165, 1.54) is 12.1 Å². The van der Waals surface area contributed by atoms with Crippen LogP contribution in [0.1, 0.15) is 12.8 Å². The molecule has 194 valence electrons. The van der Waals surface area contributed by atoms with Gasteiger partial charge in [0, 0.05) is 42.3 Å². The summed E-state index contributed by atoms with van der Waals surface area (Å²) in [4.78, 5) is 33.1. The second-order valence-corrected chi connectivity index (χ2v) is 9.01. The van der Waals surface area contributed by atoms with Crippen LogP contribution in [0.3, 0.4) is 0 Å². The van der Waals surface area contributed by atoms with Crippen LogP contribution in [0.15, 0.2) is 72.8 Å². The monoisotopic (exact) mass is 514 g/mol.